The molecule has 0 radical (unpaired) electrons. The molecule has 12 rings (SSSR count). The van der Waals surface area contributed by atoms with Crippen molar-refractivity contribution in [3.05, 3.63) is 224 Å². The Balaban J connectivity index is 1.03. The zero-order chi connectivity index (χ0) is 40.3. The number of fused-ring (bicyclic) bond motifs is 8. The Bertz CT molecular complexity index is 3580. The van der Waals surface area contributed by atoms with Crippen LogP contribution >= 0.6 is 0 Å². The molecule has 12 aromatic rings. The van der Waals surface area contributed by atoms with E-state index in [0.717, 1.165) is 88.4 Å². The van der Waals surface area contributed by atoms with Crippen LogP contribution < -0.4 is 4.90 Å². The molecule has 3 nitrogen and oxygen atoms in total. The van der Waals surface area contributed by atoms with Crippen LogP contribution in [0.15, 0.2) is 233 Å². The van der Waals surface area contributed by atoms with E-state index in [-0.39, 0.29) is 0 Å². The summed E-state index contributed by atoms with van der Waals surface area (Å²) in [5.41, 5.74) is 16.0. The van der Waals surface area contributed by atoms with Gasteiger partial charge in [0.2, 0.25) is 0 Å². The second kappa shape index (κ2) is 14.3. The highest BCUT2D eigenvalue weighted by molar-refractivity contribution is 6.19. The Kier molecular flexibility index (Phi) is 8.17. The molecular weight excluding hydrogens is 743 g/mol. The first-order valence-corrected chi connectivity index (χ1v) is 20.7. The van der Waals surface area contributed by atoms with Crippen LogP contribution in [0.5, 0.6) is 0 Å². The summed E-state index contributed by atoms with van der Waals surface area (Å²) in [6.45, 7) is 0. The zero-order valence-corrected chi connectivity index (χ0v) is 33.1. The van der Waals surface area contributed by atoms with Gasteiger partial charge in [0.05, 0.1) is 11.1 Å². The predicted molar refractivity (Wildman–Crippen MR) is 255 cm³/mol. The highest BCUT2D eigenvalue weighted by atomic mass is 16.3. The van der Waals surface area contributed by atoms with Gasteiger partial charge in [0.25, 0.3) is 0 Å². The molecular formula is C58H37NO2. The van der Waals surface area contributed by atoms with E-state index in [4.69, 9.17) is 8.83 Å². The fourth-order valence-corrected chi connectivity index (χ4v) is 9.13. The molecule has 0 N–H and O–H groups in total. The van der Waals surface area contributed by atoms with E-state index in [9.17, 15) is 0 Å². The van der Waals surface area contributed by atoms with Gasteiger partial charge in [-0.05, 0) is 117 Å². The third kappa shape index (κ3) is 5.98. The summed E-state index contributed by atoms with van der Waals surface area (Å²) in [4.78, 5) is 2.38. The van der Waals surface area contributed by atoms with Gasteiger partial charge in [0.1, 0.15) is 22.3 Å². The quantitative estimate of drug-likeness (QED) is 0.161. The maximum Gasteiger partial charge on any atom is 0.143 e. The van der Waals surface area contributed by atoms with Gasteiger partial charge in [0.15, 0.2) is 0 Å². The lowest BCUT2D eigenvalue weighted by Crippen LogP contribution is -2.10. The smallest absolute Gasteiger partial charge is 0.143 e. The second-order valence-corrected chi connectivity index (χ2v) is 15.6. The first-order valence-electron chi connectivity index (χ1n) is 20.7. The van der Waals surface area contributed by atoms with E-state index in [2.05, 4.69) is 217 Å². The number of furan rings is 2. The first-order chi connectivity index (χ1) is 30.2. The van der Waals surface area contributed by atoms with Gasteiger partial charge < -0.3 is 13.7 Å². The molecule has 10 aromatic carbocycles. The van der Waals surface area contributed by atoms with Crippen LogP contribution in [0.3, 0.4) is 0 Å². The normalized spacial score (nSPS) is 11.6. The average molecular weight is 780 g/mol. The van der Waals surface area contributed by atoms with Crippen LogP contribution in [0, 0.1) is 0 Å². The van der Waals surface area contributed by atoms with Crippen molar-refractivity contribution < 1.29 is 8.83 Å². The molecule has 0 saturated heterocycles. The minimum Gasteiger partial charge on any atom is -0.456 e. The monoisotopic (exact) mass is 779 g/mol. The van der Waals surface area contributed by atoms with Crippen molar-refractivity contribution in [2.24, 2.45) is 0 Å². The van der Waals surface area contributed by atoms with Gasteiger partial charge in [-0.3, -0.25) is 0 Å². The number of rotatable bonds is 7. The number of hydrogen-bond acceptors (Lipinski definition) is 3. The largest absolute Gasteiger partial charge is 0.456 e. The number of para-hydroxylation sites is 1. The van der Waals surface area contributed by atoms with Crippen molar-refractivity contribution in [2.45, 2.75) is 0 Å². The molecule has 61 heavy (non-hydrogen) atoms. The molecule has 0 amide bonds. The SMILES string of the molecule is c1ccc(-c2ccc(-c3ccc(N(c4cccc(-c5ccc6oc7ccccc7c6c5)c4)c4cccc5oc6c7ccccc7ccc6c45)cc3)c(-c3ccccc3)c2)cc1. The van der Waals surface area contributed by atoms with Crippen LogP contribution in [0.2, 0.25) is 0 Å². The molecule has 0 unspecified atom stereocenters. The van der Waals surface area contributed by atoms with Crippen molar-refractivity contribution in [2.75, 3.05) is 4.90 Å². The van der Waals surface area contributed by atoms with Gasteiger partial charge >= 0.3 is 0 Å². The standard InChI is InChI=1S/C58H37NO2/c1-3-13-38(14-4-1)43-28-32-47(51(36-43)39-15-5-2-6-16-39)41-25-30-45(31-26-41)59(53-22-12-24-56-57(53)50-33-27-40-17-7-8-20-48(40)58(50)61-56)46-19-11-18-42(35-46)44-29-34-55-52(37-44)49-21-9-10-23-54(49)60-55/h1-37H. The summed E-state index contributed by atoms with van der Waals surface area (Å²) >= 11 is 0. The van der Waals surface area contributed by atoms with E-state index in [1.807, 2.05) is 12.1 Å². The lowest BCUT2D eigenvalue weighted by Gasteiger charge is -2.27. The summed E-state index contributed by atoms with van der Waals surface area (Å²) in [5, 5.41) is 6.66. The van der Waals surface area contributed by atoms with Crippen molar-refractivity contribution >= 4 is 71.7 Å². The summed E-state index contributed by atoms with van der Waals surface area (Å²) in [6.07, 6.45) is 0. The highest BCUT2D eigenvalue weighted by Crippen LogP contribution is 2.46. The summed E-state index contributed by atoms with van der Waals surface area (Å²) in [6, 6.07) is 80.0. The molecule has 2 heterocycles. The Morgan fingerprint density at radius 3 is 1.77 bits per heavy atom. The number of benzene rings is 10. The third-order valence-corrected chi connectivity index (χ3v) is 12.1. The van der Waals surface area contributed by atoms with Gasteiger partial charge in [-0.2, -0.15) is 0 Å². The Hall–Kier alpha value is -8.14. The van der Waals surface area contributed by atoms with Crippen molar-refractivity contribution in [3.8, 4) is 44.5 Å². The van der Waals surface area contributed by atoms with Crippen molar-refractivity contribution in [1.29, 1.82) is 0 Å². The Labute approximate surface area is 353 Å². The van der Waals surface area contributed by atoms with Gasteiger partial charge in [-0.1, -0.05) is 158 Å². The van der Waals surface area contributed by atoms with Crippen LogP contribution in [-0.2, 0) is 0 Å². The molecule has 0 fully saturated rings. The fraction of sp³-hybridized carbons (Fsp3) is 0. The summed E-state index contributed by atoms with van der Waals surface area (Å²) in [5.74, 6) is 0. The molecule has 0 aliphatic carbocycles. The topological polar surface area (TPSA) is 29.5 Å². The van der Waals surface area contributed by atoms with Crippen LogP contribution in [0.25, 0.3) is 99.2 Å². The van der Waals surface area contributed by atoms with Crippen LogP contribution in [0.1, 0.15) is 0 Å². The van der Waals surface area contributed by atoms with E-state index in [0.29, 0.717) is 0 Å². The Morgan fingerprint density at radius 2 is 0.918 bits per heavy atom. The molecule has 0 spiro atoms. The maximum absolute atomic E-state index is 6.73. The van der Waals surface area contributed by atoms with E-state index in [1.165, 1.54) is 27.8 Å². The van der Waals surface area contributed by atoms with Gasteiger partial charge in [0, 0.05) is 32.9 Å². The molecule has 286 valence electrons. The molecule has 0 saturated carbocycles. The highest BCUT2D eigenvalue weighted by Gasteiger charge is 2.21. The lowest BCUT2D eigenvalue weighted by molar-refractivity contribution is 0.669. The fourth-order valence-electron chi connectivity index (χ4n) is 9.13. The number of anilines is 3. The maximum atomic E-state index is 6.73. The molecule has 0 bridgehead atoms. The van der Waals surface area contributed by atoms with Crippen molar-refractivity contribution in [3.63, 3.8) is 0 Å². The minimum absolute atomic E-state index is 0.852. The molecule has 0 aliphatic heterocycles. The average Bonchev–Trinajstić information content (AvgIpc) is 3.91. The number of hydrogen-bond donors (Lipinski definition) is 0. The Morgan fingerprint density at radius 1 is 0.295 bits per heavy atom. The van der Waals surface area contributed by atoms with E-state index < -0.39 is 0 Å². The first kappa shape index (κ1) is 34.9. The minimum atomic E-state index is 0.852. The molecule has 3 heteroatoms. The zero-order valence-electron chi connectivity index (χ0n) is 33.1. The van der Waals surface area contributed by atoms with E-state index in [1.54, 1.807) is 0 Å². The van der Waals surface area contributed by atoms with E-state index >= 15 is 0 Å². The summed E-state index contributed by atoms with van der Waals surface area (Å²) < 4.78 is 12.9. The van der Waals surface area contributed by atoms with Gasteiger partial charge in [-0.25, -0.2) is 0 Å². The molecule has 0 atom stereocenters. The van der Waals surface area contributed by atoms with Gasteiger partial charge in [-0.15, -0.1) is 0 Å². The predicted octanol–water partition coefficient (Wildman–Crippen LogP) is 16.8. The van der Waals surface area contributed by atoms with Crippen LogP contribution in [-0.4, -0.2) is 0 Å². The summed E-state index contributed by atoms with van der Waals surface area (Å²) in [7, 11) is 0. The second-order valence-electron chi connectivity index (χ2n) is 15.6. The number of nitrogens with zero attached hydrogens (tertiary/aromatic N) is 1. The lowest BCUT2D eigenvalue weighted by atomic mass is 9.91. The molecule has 0 aliphatic rings. The third-order valence-electron chi connectivity index (χ3n) is 12.1. The molecule has 2 aromatic heterocycles. The van der Waals surface area contributed by atoms with Crippen LogP contribution in [0.4, 0.5) is 17.1 Å². The van der Waals surface area contributed by atoms with Crippen molar-refractivity contribution in [1.82, 2.24) is 0 Å².